The lowest BCUT2D eigenvalue weighted by Crippen LogP contribution is -2.54. The van der Waals surface area contributed by atoms with Crippen LogP contribution >= 0.6 is 0 Å². The molecule has 3 fully saturated rings. The molecule has 0 radical (unpaired) electrons. The SMILES string of the molecule is CCc1cc2ncc(CN3CCN(c4ccc(C(=O)N[C@H]5C[C@H](Oc6ccc7c(c6)C(=O)N(C6CCC(=O)NC6=O)C7=O)C5)nc4)CC3)cc2[nH]c1=O. The number of fused-ring (bicyclic) bond motifs is 2. The number of carbonyl (C=O) groups excluding carboxylic acids is 5. The van der Waals surface area contributed by atoms with Crippen molar-refractivity contribution >= 4 is 46.3 Å². The highest BCUT2D eigenvalue weighted by Gasteiger charge is 2.45. The Morgan fingerprint density at radius 3 is 2.45 bits per heavy atom. The van der Waals surface area contributed by atoms with E-state index in [1.807, 2.05) is 31.3 Å². The van der Waals surface area contributed by atoms with Gasteiger partial charge in [0.2, 0.25) is 11.8 Å². The van der Waals surface area contributed by atoms with E-state index in [-0.39, 0.29) is 47.6 Å². The van der Waals surface area contributed by atoms with Crippen molar-refractivity contribution in [3.05, 3.63) is 93.2 Å². The van der Waals surface area contributed by atoms with E-state index in [4.69, 9.17) is 4.74 Å². The van der Waals surface area contributed by atoms with Crippen LogP contribution in [0.3, 0.4) is 0 Å². The molecule has 272 valence electrons. The predicted molar refractivity (Wildman–Crippen MR) is 191 cm³/mol. The normalized spacial score (nSPS) is 21.7. The number of ether oxygens (including phenoxy) is 1. The lowest BCUT2D eigenvalue weighted by atomic mass is 9.89. The molecule has 3 aromatic heterocycles. The molecule has 0 bridgehead atoms. The number of imide groups is 2. The number of piperidine rings is 1. The second-order valence-corrected chi connectivity index (χ2v) is 14.0. The minimum Gasteiger partial charge on any atom is -0.490 e. The minimum absolute atomic E-state index is 0.0519. The Bertz CT molecular complexity index is 2210. The number of anilines is 1. The summed E-state index contributed by atoms with van der Waals surface area (Å²) in [4.78, 5) is 92.6. The number of aryl methyl sites for hydroxylation is 1. The van der Waals surface area contributed by atoms with Gasteiger partial charge in [0, 0.05) is 69.8 Å². The van der Waals surface area contributed by atoms with Crippen molar-refractivity contribution in [3.8, 4) is 5.75 Å². The van der Waals surface area contributed by atoms with Gasteiger partial charge >= 0.3 is 0 Å². The van der Waals surface area contributed by atoms with Gasteiger partial charge in [-0.05, 0) is 60.9 Å². The first-order valence-corrected chi connectivity index (χ1v) is 17.9. The van der Waals surface area contributed by atoms with Crippen molar-refractivity contribution in [2.45, 2.75) is 63.8 Å². The first-order valence-electron chi connectivity index (χ1n) is 17.9. The lowest BCUT2D eigenvalue weighted by molar-refractivity contribution is -0.136. The summed E-state index contributed by atoms with van der Waals surface area (Å²) in [5.41, 5.74) is 4.87. The molecule has 4 aromatic rings. The number of pyridine rings is 3. The van der Waals surface area contributed by atoms with E-state index in [0.29, 0.717) is 30.7 Å². The van der Waals surface area contributed by atoms with Crippen LogP contribution in [0.5, 0.6) is 5.75 Å². The highest BCUT2D eigenvalue weighted by molar-refractivity contribution is 6.23. The summed E-state index contributed by atoms with van der Waals surface area (Å²) >= 11 is 0. The Hall–Kier alpha value is -5.96. The van der Waals surface area contributed by atoms with Crippen LogP contribution < -0.4 is 25.8 Å². The zero-order chi connectivity index (χ0) is 36.8. The number of aromatic amines is 1. The van der Waals surface area contributed by atoms with E-state index in [2.05, 4.69) is 35.4 Å². The maximum Gasteiger partial charge on any atom is 0.270 e. The van der Waals surface area contributed by atoms with Crippen molar-refractivity contribution in [3.63, 3.8) is 0 Å². The van der Waals surface area contributed by atoms with E-state index in [1.54, 1.807) is 18.3 Å². The van der Waals surface area contributed by atoms with Gasteiger partial charge in [-0.1, -0.05) is 6.92 Å². The van der Waals surface area contributed by atoms with Crippen molar-refractivity contribution in [1.82, 2.24) is 35.4 Å². The molecule has 1 aromatic carbocycles. The summed E-state index contributed by atoms with van der Waals surface area (Å²) in [7, 11) is 0. The summed E-state index contributed by atoms with van der Waals surface area (Å²) in [6.45, 7) is 5.99. The van der Waals surface area contributed by atoms with Crippen LogP contribution in [-0.2, 0) is 22.6 Å². The Morgan fingerprint density at radius 2 is 1.72 bits per heavy atom. The van der Waals surface area contributed by atoms with Crippen molar-refractivity contribution in [2.75, 3.05) is 31.1 Å². The van der Waals surface area contributed by atoms with E-state index < -0.39 is 29.7 Å². The van der Waals surface area contributed by atoms with Gasteiger partial charge in [0.15, 0.2) is 0 Å². The number of nitrogens with one attached hydrogen (secondary N) is 3. The summed E-state index contributed by atoms with van der Waals surface area (Å²) in [6.07, 6.45) is 5.34. The molecular formula is C38H38N8O7. The molecule has 1 saturated carbocycles. The second kappa shape index (κ2) is 13.9. The van der Waals surface area contributed by atoms with E-state index in [0.717, 1.165) is 65.5 Å². The molecule has 0 spiro atoms. The van der Waals surface area contributed by atoms with Crippen molar-refractivity contribution in [1.29, 1.82) is 0 Å². The molecule has 15 heteroatoms. The number of hydrogen-bond acceptors (Lipinski definition) is 11. The molecule has 53 heavy (non-hydrogen) atoms. The van der Waals surface area contributed by atoms with Gasteiger partial charge in [-0.25, -0.2) is 4.98 Å². The van der Waals surface area contributed by atoms with Crippen LogP contribution in [-0.4, -0.2) is 98.7 Å². The van der Waals surface area contributed by atoms with Crippen molar-refractivity contribution < 1.29 is 28.7 Å². The summed E-state index contributed by atoms with van der Waals surface area (Å²) < 4.78 is 6.05. The number of piperazine rings is 1. The number of H-pyrrole nitrogens is 1. The van der Waals surface area contributed by atoms with Crippen LogP contribution in [0.2, 0.25) is 0 Å². The first kappa shape index (κ1) is 34.1. The molecule has 1 unspecified atom stereocenters. The van der Waals surface area contributed by atoms with Crippen LogP contribution in [0.1, 0.15) is 74.9 Å². The quantitative estimate of drug-likeness (QED) is 0.215. The fourth-order valence-electron chi connectivity index (χ4n) is 7.40. The third kappa shape index (κ3) is 6.75. The molecular weight excluding hydrogens is 680 g/mol. The Balaban J connectivity index is 0.791. The highest BCUT2D eigenvalue weighted by Crippen LogP contribution is 2.33. The van der Waals surface area contributed by atoms with Gasteiger partial charge in [-0.2, -0.15) is 0 Å². The standard InChI is InChI=1S/C38H38N8O7/c1-2-22-14-30-31(42-34(22)48)13-21(18-39-30)20-44-9-11-45(12-10-44)24-3-6-29(40-19-24)35(49)41-23-15-26(16-23)53-25-4-5-27-28(17-25)38(52)46(37(27)51)32-7-8-33(47)43-36(32)50/h3-6,13-14,17-19,23,26,32H,2,7-12,15-16,20H2,1H3,(H,41,49)(H,42,48)(H,43,47,50)/t23-,26-,32?. The molecule has 5 amide bonds. The van der Waals surface area contributed by atoms with Crippen LogP contribution in [0.25, 0.3) is 11.0 Å². The number of hydrogen-bond donors (Lipinski definition) is 3. The minimum atomic E-state index is -1.03. The molecule has 3 aliphatic heterocycles. The smallest absolute Gasteiger partial charge is 0.270 e. The van der Waals surface area contributed by atoms with Gasteiger partial charge in [0.25, 0.3) is 23.3 Å². The maximum atomic E-state index is 13.1. The second-order valence-electron chi connectivity index (χ2n) is 14.0. The number of benzene rings is 1. The van der Waals surface area contributed by atoms with Gasteiger partial charge in [0.05, 0.1) is 34.0 Å². The van der Waals surface area contributed by atoms with E-state index in [9.17, 15) is 28.8 Å². The van der Waals surface area contributed by atoms with Gasteiger partial charge < -0.3 is 19.9 Å². The number of amides is 5. The molecule has 2 saturated heterocycles. The largest absolute Gasteiger partial charge is 0.490 e. The molecule has 3 N–H and O–H groups in total. The van der Waals surface area contributed by atoms with Gasteiger partial charge in [0.1, 0.15) is 23.6 Å². The zero-order valence-corrected chi connectivity index (χ0v) is 29.1. The highest BCUT2D eigenvalue weighted by atomic mass is 16.5. The average molecular weight is 719 g/mol. The average Bonchev–Trinajstić information content (AvgIpc) is 3.38. The molecule has 15 nitrogen and oxygen atoms in total. The lowest BCUT2D eigenvalue weighted by Gasteiger charge is -2.36. The summed E-state index contributed by atoms with van der Waals surface area (Å²) in [6, 6.07) is 11.0. The Kier molecular flexibility index (Phi) is 8.94. The maximum absolute atomic E-state index is 13.1. The number of carbonyl (C=O) groups is 5. The number of nitrogens with zero attached hydrogens (tertiary/aromatic N) is 5. The summed E-state index contributed by atoms with van der Waals surface area (Å²) in [5, 5.41) is 5.20. The Labute approximate surface area is 303 Å². The predicted octanol–water partition coefficient (Wildman–Crippen LogP) is 1.94. The van der Waals surface area contributed by atoms with E-state index >= 15 is 0 Å². The van der Waals surface area contributed by atoms with Crippen LogP contribution in [0.4, 0.5) is 5.69 Å². The molecule has 8 rings (SSSR count). The fraction of sp³-hybridized carbons (Fsp3) is 0.368. The first-order chi connectivity index (χ1) is 25.6. The zero-order valence-electron chi connectivity index (χ0n) is 29.1. The van der Waals surface area contributed by atoms with E-state index in [1.165, 1.54) is 12.1 Å². The van der Waals surface area contributed by atoms with Gasteiger partial charge in [-0.3, -0.25) is 48.9 Å². The van der Waals surface area contributed by atoms with Crippen molar-refractivity contribution in [2.24, 2.45) is 0 Å². The van der Waals surface area contributed by atoms with Gasteiger partial charge in [-0.15, -0.1) is 0 Å². The fourth-order valence-corrected chi connectivity index (χ4v) is 7.40. The number of rotatable bonds is 9. The summed E-state index contributed by atoms with van der Waals surface area (Å²) in [5.74, 6) is -2.10. The Morgan fingerprint density at radius 1 is 0.925 bits per heavy atom. The molecule has 1 atom stereocenters. The molecule has 6 heterocycles. The third-order valence-electron chi connectivity index (χ3n) is 10.5. The third-order valence-corrected chi connectivity index (χ3v) is 10.5. The topological polar surface area (TPSA) is 187 Å². The molecule has 4 aliphatic rings. The van der Waals surface area contributed by atoms with Crippen LogP contribution in [0.15, 0.2) is 59.7 Å². The van der Waals surface area contributed by atoms with Crippen LogP contribution in [0, 0.1) is 0 Å². The number of aromatic nitrogens is 3. The molecule has 1 aliphatic carbocycles. The monoisotopic (exact) mass is 718 g/mol.